The molecule has 3 amide bonds. The van der Waals surface area contributed by atoms with E-state index in [1.54, 1.807) is 40.0 Å². The van der Waals surface area contributed by atoms with Gasteiger partial charge in [-0.25, -0.2) is 13.8 Å². The first-order valence-corrected chi connectivity index (χ1v) is 10.6. The van der Waals surface area contributed by atoms with Gasteiger partial charge in [0.15, 0.2) is 0 Å². The first kappa shape index (κ1) is 24.2. The summed E-state index contributed by atoms with van der Waals surface area (Å²) >= 11 is 0. The summed E-state index contributed by atoms with van der Waals surface area (Å²) in [5.74, 6) is -3.55. The Hall–Kier alpha value is -3.40. The average Bonchev–Trinajstić information content (AvgIpc) is 3.18. The van der Waals surface area contributed by atoms with Crippen LogP contribution in [0.4, 0.5) is 20.3 Å². The number of aromatic nitrogens is 1. The number of nitrogens with one attached hydrogen (secondary N) is 3. The molecule has 10 heteroatoms. The van der Waals surface area contributed by atoms with E-state index in [0.717, 1.165) is 12.1 Å². The SMILES string of the molecule is CN[C@@H](C)C(=O)NC(C(=O)N1c2ncccc2C[C@@H]1C(=O)Nc1c(F)cccc1F)C(C)C. The third-order valence-electron chi connectivity index (χ3n) is 5.63. The van der Waals surface area contributed by atoms with Crippen molar-refractivity contribution in [1.82, 2.24) is 15.6 Å². The van der Waals surface area contributed by atoms with Gasteiger partial charge in [0, 0.05) is 12.6 Å². The van der Waals surface area contributed by atoms with Crippen LogP contribution in [0.3, 0.4) is 0 Å². The molecule has 1 aromatic carbocycles. The van der Waals surface area contributed by atoms with Crippen LogP contribution >= 0.6 is 0 Å². The van der Waals surface area contributed by atoms with Crippen molar-refractivity contribution >= 4 is 29.2 Å². The molecule has 176 valence electrons. The molecule has 3 N–H and O–H groups in total. The van der Waals surface area contributed by atoms with Crippen molar-refractivity contribution in [1.29, 1.82) is 0 Å². The van der Waals surface area contributed by atoms with Crippen LogP contribution in [0, 0.1) is 17.6 Å². The Morgan fingerprint density at radius 2 is 1.76 bits per heavy atom. The van der Waals surface area contributed by atoms with E-state index in [-0.39, 0.29) is 24.1 Å². The fraction of sp³-hybridized carbons (Fsp3) is 0.391. The molecule has 1 aromatic heterocycles. The van der Waals surface area contributed by atoms with Gasteiger partial charge in [0.05, 0.1) is 6.04 Å². The Morgan fingerprint density at radius 1 is 1.09 bits per heavy atom. The maximum absolute atomic E-state index is 14.1. The van der Waals surface area contributed by atoms with Crippen molar-refractivity contribution in [3.8, 4) is 0 Å². The maximum atomic E-state index is 14.1. The molecule has 0 aliphatic carbocycles. The van der Waals surface area contributed by atoms with E-state index in [0.29, 0.717) is 5.56 Å². The van der Waals surface area contributed by atoms with Crippen LogP contribution in [0.25, 0.3) is 0 Å². The zero-order valence-electron chi connectivity index (χ0n) is 18.9. The molecule has 1 aliphatic rings. The molecule has 2 aromatic rings. The molecule has 3 rings (SSSR count). The summed E-state index contributed by atoms with van der Waals surface area (Å²) in [6.45, 7) is 5.20. The number of anilines is 2. The number of fused-ring (bicyclic) bond motifs is 1. The third kappa shape index (κ3) is 5.00. The molecular formula is C23H27F2N5O3. The van der Waals surface area contributed by atoms with E-state index in [1.807, 2.05) is 0 Å². The minimum atomic E-state index is -1.10. The van der Waals surface area contributed by atoms with Crippen LogP contribution in [0.5, 0.6) is 0 Å². The van der Waals surface area contributed by atoms with Crippen molar-refractivity contribution < 1.29 is 23.2 Å². The Morgan fingerprint density at radius 3 is 2.36 bits per heavy atom. The number of likely N-dealkylation sites (N-methyl/N-ethyl adjacent to an activating group) is 1. The number of carbonyl (C=O) groups is 3. The highest BCUT2D eigenvalue weighted by Gasteiger charge is 2.43. The van der Waals surface area contributed by atoms with E-state index in [9.17, 15) is 23.2 Å². The summed E-state index contributed by atoms with van der Waals surface area (Å²) < 4.78 is 28.2. The second-order valence-electron chi connectivity index (χ2n) is 8.24. The summed E-state index contributed by atoms with van der Waals surface area (Å²) in [5, 5.41) is 7.81. The molecule has 8 nitrogen and oxygen atoms in total. The lowest BCUT2D eigenvalue weighted by atomic mass is 10.0. The summed E-state index contributed by atoms with van der Waals surface area (Å²) in [4.78, 5) is 44.7. The zero-order valence-corrected chi connectivity index (χ0v) is 18.9. The first-order chi connectivity index (χ1) is 15.6. The molecule has 33 heavy (non-hydrogen) atoms. The second kappa shape index (κ2) is 10.0. The van der Waals surface area contributed by atoms with Crippen molar-refractivity contribution in [3.63, 3.8) is 0 Å². The number of benzene rings is 1. The largest absolute Gasteiger partial charge is 0.343 e. The highest BCUT2D eigenvalue weighted by atomic mass is 19.1. The van der Waals surface area contributed by atoms with Crippen LogP contribution in [-0.4, -0.2) is 47.9 Å². The smallest absolute Gasteiger partial charge is 0.251 e. The van der Waals surface area contributed by atoms with Gasteiger partial charge >= 0.3 is 0 Å². The predicted octanol–water partition coefficient (Wildman–Crippen LogP) is 2.00. The van der Waals surface area contributed by atoms with E-state index in [1.165, 1.54) is 17.2 Å². The monoisotopic (exact) mass is 459 g/mol. The Bertz CT molecular complexity index is 1040. The van der Waals surface area contributed by atoms with Crippen LogP contribution in [0.15, 0.2) is 36.5 Å². The van der Waals surface area contributed by atoms with E-state index >= 15 is 0 Å². The van der Waals surface area contributed by atoms with Crippen LogP contribution < -0.4 is 20.9 Å². The highest BCUT2D eigenvalue weighted by Crippen LogP contribution is 2.32. The molecule has 0 radical (unpaired) electrons. The van der Waals surface area contributed by atoms with Gasteiger partial charge in [-0.2, -0.15) is 0 Å². The number of nitrogens with zero attached hydrogens (tertiary/aromatic N) is 2. The van der Waals surface area contributed by atoms with Gasteiger partial charge in [-0.3, -0.25) is 19.3 Å². The highest BCUT2D eigenvalue weighted by molar-refractivity contribution is 6.09. The molecule has 1 aliphatic heterocycles. The maximum Gasteiger partial charge on any atom is 0.251 e. The number of carbonyl (C=O) groups excluding carboxylic acids is 3. The molecular weight excluding hydrogens is 432 g/mol. The van der Waals surface area contributed by atoms with Crippen LogP contribution in [0.1, 0.15) is 26.3 Å². The fourth-order valence-corrected chi connectivity index (χ4v) is 3.62. The van der Waals surface area contributed by atoms with Crippen molar-refractivity contribution in [2.45, 2.75) is 45.3 Å². The standard InChI is InChI=1S/C23H27F2N5O3/c1-12(2)18(28-21(31)13(3)26-4)23(33)30-17(11-14-7-6-10-27-20(14)30)22(32)29-19-15(24)8-5-9-16(19)25/h5-10,12-13,17-18,26H,11H2,1-4H3,(H,28,31)(H,29,32)/t13-,17+,18?/m0/s1. The Labute approximate surface area is 190 Å². The van der Waals surface area contributed by atoms with Crippen molar-refractivity contribution in [3.05, 3.63) is 53.7 Å². The molecule has 0 saturated carbocycles. The normalized spacial score (nSPS) is 16.8. The van der Waals surface area contributed by atoms with Crippen LogP contribution in [-0.2, 0) is 20.8 Å². The Kier molecular flexibility index (Phi) is 7.37. The van der Waals surface area contributed by atoms with E-state index in [4.69, 9.17) is 0 Å². The third-order valence-corrected chi connectivity index (χ3v) is 5.63. The number of amides is 3. The predicted molar refractivity (Wildman–Crippen MR) is 119 cm³/mol. The molecule has 0 saturated heterocycles. The number of para-hydroxylation sites is 1. The number of hydrogen-bond acceptors (Lipinski definition) is 5. The molecule has 0 fully saturated rings. The summed E-state index contributed by atoms with van der Waals surface area (Å²) in [6, 6.07) is 4.07. The van der Waals surface area contributed by atoms with Gasteiger partial charge in [-0.15, -0.1) is 0 Å². The van der Waals surface area contributed by atoms with Gasteiger partial charge in [0.25, 0.3) is 5.91 Å². The molecule has 0 spiro atoms. The van der Waals surface area contributed by atoms with Gasteiger partial charge in [0.2, 0.25) is 11.8 Å². The molecule has 1 unspecified atom stereocenters. The lowest BCUT2D eigenvalue weighted by Gasteiger charge is -2.31. The van der Waals surface area contributed by atoms with Gasteiger partial charge < -0.3 is 16.0 Å². The van der Waals surface area contributed by atoms with E-state index in [2.05, 4.69) is 20.9 Å². The minimum absolute atomic E-state index is 0.114. The van der Waals surface area contributed by atoms with Gasteiger partial charge in [0.1, 0.15) is 35.2 Å². The molecule has 0 bridgehead atoms. The average molecular weight is 459 g/mol. The topological polar surface area (TPSA) is 103 Å². The number of rotatable bonds is 7. The van der Waals surface area contributed by atoms with Gasteiger partial charge in [-0.1, -0.05) is 26.0 Å². The number of halogens is 2. The second-order valence-corrected chi connectivity index (χ2v) is 8.24. The lowest BCUT2D eigenvalue weighted by Crippen LogP contribution is -2.57. The summed E-state index contributed by atoms with van der Waals surface area (Å²) in [5.41, 5.74) is 0.0489. The van der Waals surface area contributed by atoms with Crippen LogP contribution in [0.2, 0.25) is 0 Å². The molecule has 3 atom stereocenters. The Balaban J connectivity index is 1.94. The summed E-state index contributed by atoms with van der Waals surface area (Å²) in [6.07, 6.45) is 1.60. The fourth-order valence-electron chi connectivity index (χ4n) is 3.62. The minimum Gasteiger partial charge on any atom is -0.343 e. The number of pyridine rings is 1. The van der Waals surface area contributed by atoms with E-state index < -0.39 is 47.3 Å². The number of hydrogen-bond donors (Lipinski definition) is 3. The van der Waals surface area contributed by atoms with Crippen molar-refractivity contribution in [2.75, 3.05) is 17.3 Å². The summed E-state index contributed by atoms with van der Waals surface area (Å²) in [7, 11) is 1.62. The first-order valence-electron chi connectivity index (χ1n) is 10.6. The quantitative estimate of drug-likeness (QED) is 0.588. The molecule has 2 heterocycles. The van der Waals surface area contributed by atoms with Crippen molar-refractivity contribution in [2.24, 2.45) is 5.92 Å². The zero-order chi connectivity index (χ0) is 24.3. The lowest BCUT2D eigenvalue weighted by molar-refractivity contribution is -0.130. The van der Waals surface area contributed by atoms with Gasteiger partial charge in [-0.05, 0) is 43.7 Å².